The Balaban J connectivity index is 1.89. The number of aromatic nitrogens is 4. The fraction of sp³-hybridized carbons (Fsp3) is 0.167. The van der Waals surface area contributed by atoms with Crippen molar-refractivity contribution in [3.63, 3.8) is 0 Å². The zero-order chi connectivity index (χ0) is 14.1. The summed E-state index contributed by atoms with van der Waals surface area (Å²) in [6.45, 7) is 2.01. The Morgan fingerprint density at radius 1 is 1.40 bits per heavy atom. The highest BCUT2D eigenvalue weighted by Crippen LogP contribution is 2.13. The molecule has 2 heterocycles. The molecule has 8 nitrogen and oxygen atoms in total. The SMILES string of the molecule is Cc1noc(CNc2nc3ccc(N)cc3c(=O)[nH]2)n1. The fourth-order valence-electron chi connectivity index (χ4n) is 1.81. The van der Waals surface area contributed by atoms with E-state index < -0.39 is 0 Å². The van der Waals surface area contributed by atoms with Crippen LogP contribution in [0.3, 0.4) is 0 Å². The van der Waals surface area contributed by atoms with Gasteiger partial charge in [0.2, 0.25) is 11.8 Å². The number of hydrogen-bond donors (Lipinski definition) is 3. The number of benzene rings is 1. The second kappa shape index (κ2) is 4.65. The second-order valence-corrected chi connectivity index (χ2v) is 4.28. The highest BCUT2D eigenvalue weighted by molar-refractivity contribution is 5.81. The van der Waals surface area contributed by atoms with E-state index in [0.29, 0.717) is 34.3 Å². The monoisotopic (exact) mass is 272 g/mol. The summed E-state index contributed by atoms with van der Waals surface area (Å²) in [4.78, 5) is 22.9. The van der Waals surface area contributed by atoms with Gasteiger partial charge in [0.15, 0.2) is 5.82 Å². The molecule has 2 aromatic heterocycles. The van der Waals surface area contributed by atoms with Crippen LogP contribution in [0.4, 0.5) is 11.6 Å². The molecule has 0 radical (unpaired) electrons. The summed E-state index contributed by atoms with van der Waals surface area (Å²) < 4.78 is 4.96. The van der Waals surface area contributed by atoms with E-state index in [9.17, 15) is 4.79 Å². The van der Waals surface area contributed by atoms with Crippen molar-refractivity contribution in [2.75, 3.05) is 11.1 Å². The third-order valence-electron chi connectivity index (χ3n) is 2.71. The number of hydrogen-bond acceptors (Lipinski definition) is 7. The average Bonchev–Trinajstić information content (AvgIpc) is 2.83. The third-order valence-corrected chi connectivity index (χ3v) is 2.71. The standard InChI is InChI=1S/C12H12N6O2/c1-6-15-10(20-18-6)5-14-12-16-9-3-2-7(13)4-8(9)11(19)17-12/h2-4H,5,13H2,1H3,(H2,14,16,17,19). The van der Waals surface area contributed by atoms with Gasteiger partial charge >= 0.3 is 0 Å². The first-order chi connectivity index (χ1) is 9.61. The van der Waals surface area contributed by atoms with Gasteiger partial charge in [0.1, 0.15) is 0 Å². The Morgan fingerprint density at radius 3 is 3.00 bits per heavy atom. The number of aromatic amines is 1. The summed E-state index contributed by atoms with van der Waals surface area (Å²) in [5.41, 5.74) is 6.47. The van der Waals surface area contributed by atoms with E-state index in [2.05, 4.69) is 25.4 Å². The van der Waals surface area contributed by atoms with E-state index in [4.69, 9.17) is 10.3 Å². The van der Waals surface area contributed by atoms with Crippen LogP contribution in [0.25, 0.3) is 10.9 Å². The van der Waals surface area contributed by atoms with Crippen LogP contribution in [0.5, 0.6) is 0 Å². The zero-order valence-corrected chi connectivity index (χ0v) is 10.7. The van der Waals surface area contributed by atoms with E-state index in [-0.39, 0.29) is 12.1 Å². The van der Waals surface area contributed by atoms with Gasteiger partial charge in [0.05, 0.1) is 17.4 Å². The molecule has 0 atom stereocenters. The van der Waals surface area contributed by atoms with Crippen molar-refractivity contribution in [1.29, 1.82) is 0 Å². The summed E-state index contributed by atoms with van der Waals surface area (Å²) in [7, 11) is 0. The van der Waals surface area contributed by atoms with E-state index in [0.717, 1.165) is 0 Å². The molecule has 0 saturated heterocycles. The largest absolute Gasteiger partial charge is 0.399 e. The van der Waals surface area contributed by atoms with Gasteiger partial charge in [-0.05, 0) is 25.1 Å². The number of fused-ring (bicyclic) bond motifs is 1. The molecule has 0 aliphatic carbocycles. The Labute approximate surface area is 113 Å². The molecule has 0 unspecified atom stereocenters. The smallest absolute Gasteiger partial charge is 0.260 e. The first kappa shape index (κ1) is 12.2. The molecule has 0 saturated carbocycles. The Morgan fingerprint density at radius 2 is 2.25 bits per heavy atom. The third kappa shape index (κ3) is 2.30. The maximum Gasteiger partial charge on any atom is 0.260 e. The molecule has 0 aliphatic heterocycles. The maximum atomic E-state index is 11.9. The minimum Gasteiger partial charge on any atom is -0.399 e. The molecular formula is C12H12N6O2. The van der Waals surface area contributed by atoms with Crippen molar-refractivity contribution in [2.45, 2.75) is 13.5 Å². The number of anilines is 2. The molecule has 8 heteroatoms. The normalized spacial score (nSPS) is 10.8. The molecular weight excluding hydrogens is 260 g/mol. The second-order valence-electron chi connectivity index (χ2n) is 4.28. The van der Waals surface area contributed by atoms with Crippen LogP contribution >= 0.6 is 0 Å². The number of nitrogen functional groups attached to an aromatic ring is 1. The number of nitrogens with two attached hydrogens (primary N) is 1. The lowest BCUT2D eigenvalue weighted by Gasteiger charge is -2.04. The van der Waals surface area contributed by atoms with Crippen molar-refractivity contribution in [1.82, 2.24) is 20.1 Å². The summed E-state index contributed by atoms with van der Waals surface area (Å²) >= 11 is 0. The van der Waals surface area contributed by atoms with Crippen LogP contribution in [0.15, 0.2) is 27.5 Å². The minimum absolute atomic E-state index is 0.258. The number of nitrogens with zero attached hydrogens (tertiary/aromatic N) is 3. The number of rotatable bonds is 3. The van der Waals surface area contributed by atoms with Gasteiger partial charge in [-0.1, -0.05) is 5.16 Å². The van der Waals surface area contributed by atoms with E-state index in [1.54, 1.807) is 25.1 Å². The summed E-state index contributed by atoms with van der Waals surface area (Å²) in [6, 6.07) is 4.98. The molecule has 3 aromatic rings. The first-order valence-corrected chi connectivity index (χ1v) is 5.94. The van der Waals surface area contributed by atoms with Crippen LogP contribution in [-0.2, 0) is 6.54 Å². The lowest BCUT2D eigenvalue weighted by atomic mass is 10.2. The first-order valence-electron chi connectivity index (χ1n) is 5.94. The van der Waals surface area contributed by atoms with Crippen molar-refractivity contribution < 1.29 is 4.52 Å². The molecule has 4 N–H and O–H groups in total. The van der Waals surface area contributed by atoms with Gasteiger partial charge in [-0.15, -0.1) is 0 Å². The van der Waals surface area contributed by atoms with E-state index in [1.807, 2.05) is 0 Å². The fourth-order valence-corrected chi connectivity index (χ4v) is 1.81. The Bertz CT molecular complexity index is 822. The molecule has 102 valence electrons. The summed E-state index contributed by atoms with van der Waals surface area (Å²) in [5, 5.41) is 7.05. The highest BCUT2D eigenvalue weighted by atomic mass is 16.5. The van der Waals surface area contributed by atoms with Gasteiger partial charge in [0.25, 0.3) is 5.56 Å². The highest BCUT2D eigenvalue weighted by Gasteiger charge is 2.06. The van der Waals surface area contributed by atoms with Crippen LogP contribution < -0.4 is 16.6 Å². The molecule has 20 heavy (non-hydrogen) atoms. The van der Waals surface area contributed by atoms with Crippen LogP contribution in [0, 0.1) is 6.92 Å². The van der Waals surface area contributed by atoms with Crippen molar-refractivity contribution in [2.24, 2.45) is 0 Å². The van der Waals surface area contributed by atoms with Gasteiger partial charge in [-0.3, -0.25) is 9.78 Å². The molecule has 0 fully saturated rings. The topological polar surface area (TPSA) is 123 Å². The maximum absolute atomic E-state index is 11.9. The molecule has 0 bridgehead atoms. The Kier molecular flexibility index (Phi) is 2.82. The molecule has 3 rings (SSSR count). The van der Waals surface area contributed by atoms with Crippen LogP contribution in [0.1, 0.15) is 11.7 Å². The van der Waals surface area contributed by atoms with Crippen molar-refractivity contribution >= 4 is 22.5 Å². The van der Waals surface area contributed by atoms with Gasteiger partial charge in [-0.25, -0.2) is 4.98 Å². The van der Waals surface area contributed by atoms with Crippen LogP contribution in [-0.4, -0.2) is 20.1 Å². The average molecular weight is 272 g/mol. The van der Waals surface area contributed by atoms with E-state index >= 15 is 0 Å². The molecule has 0 amide bonds. The van der Waals surface area contributed by atoms with Gasteiger partial charge in [-0.2, -0.15) is 4.98 Å². The number of nitrogens with one attached hydrogen (secondary N) is 2. The lowest BCUT2D eigenvalue weighted by molar-refractivity contribution is 0.379. The number of aryl methyl sites for hydroxylation is 1. The predicted molar refractivity (Wildman–Crippen MR) is 73.1 cm³/mol. The quantitative estimate of drug-likeness (QED) is 0.603. The molecule has 1 aromatic carbocycles. The van der Waals surface area contributed by atoms with Gasteiger partial charge < -0.3 is 15.6 Å². The molecule has 0 aliphatic rings. The summed E-state index contributed by atoms with van der Waals surface area (Å²) in [5.74, 6) is 1.31. The zero-order valence-electron chi connectivity index (χ0n) is 10.7. The van der Waals surface area contributed by atoms with Gasteiger partial charge in [0, 0.05) is 5.69 Å². The van der Waals surface area contributed by atoms with Crippen molar-refractivity contribution in [3.8, 4) is 0 Å². The predicted octanol–water partition coefficient (Wildman–Crippen LogP) is 0.809. The van der Waals surface area contributed by atoms with E-state index in [1.165, 1.54) is 0 Å². The lowest BCUT2D eigenvalue weighted by Crippen LogP contribution is -2.13. The Hall–Kier alpha value is -2.90. The minimum atomic E-state index is -0.258. The summed E-state index contributed by atoms with van der Waals surface area (Å²) in [6.07, 6.45) is 0. The molecule has 0 spiro atoms. The van der Waals surface area contributed by atoms with Crippen molar-refractivity contribution in [3.05, 3.63) is 40.3 Å². The van der Waals surface area contributed by atoms with Crippen LogP contribution in [0.2, 0.25) is 0 Å². The number of H-pyrrole nitrogens is 1.